The molecule has 8 nitrogen and oxygen atoms in total. The van der Waals surface area contributed by atoms with Crippen LogP contribution in [0.1, 0.15) is 10.4 Å². The molecule has 1 aromatic heterocycles. The third kappa shape index (κ3) is 4.40. The van der Waals surface area contributed by atoms with E-state index in [1.807, 2.05) is 0 Å². The van der Waals surface area contributed by atoms with Gasteiger partial charge in [-0.3, -0.25) is 14.9 Å². The van der Waals surface area contributed by atoms with Crippen LogP contribution in [-0.2, 0) is 0 Å². The summed E-state index contributed by atoms with van der Waals surface area (Å²) in [7, 11) is 1.45. The maximum absolute atomic E-state index is 12.0. The van der Waals surface area contributed by atoms with Gasteiger partial charge in [0.25, 0.3) is 11.6 Å². The molecule has 2 rings (SSSR count). The van der Waals surface area contributed by atoms with Crippen LogP contribution in [0.4, 0.5) is 11.4 Å². The minimum atomic E-state index is -0.453. The maximum Gasteiger partial charge on any atom is 0.269 e. The molecule has 0 saturated carbocycles. The van der Waals surface area contributed by atoms with Crippen LogP contribution < -0.4 is 15.4 Å². The Labute approximate surface area is 132 Å². The summed E-state index contributed by atoms with van der Waals surface area (Å²) in [6, 6.07) is 9.36. The molecule has 1 aromatic carbocycles. The summed E-state index contributed by atoms with van der Waals surface area (Å²) in [5.41, 5.74) is 1.14. The molecule has 0 aliphatic carbocycles. The summed E-state index contributed by atoms with van der Waals surface area (Å²) in [6.45, 7) is 0.861. The first kappa shape index (κ1) is 16.2. The SMILES string of the molecule is COc1ncccc1C(=O)NCCNc1ccc([N+](=O)[O-])cc1. The number of nitro benzene ring substituents is 1. The molecule has 0 unspecified atom stereocenters. The summed E-state index contributed by atoms with van der Waals surface area (Å²) in [5.74, 6) is -0.00576. The third-order valence-electron chi connectivity index (χ3n) is 3.03. The summed E-state index contributed by atoms with van der Waals surface area (Å²) in [6.07, 6.45) is 1.55. The smallest absolute Gasteiger partial charge is 0.269 e. The molecular formula is C15H16N4O4. The van der Waals surface area contributed by atoms with Crippen LogP contribution in [-0.4, -0.2) is 36.0 Å². The number of ether oxygens (including phenoxy) is 1. The van der Waals surface area contributed by atoms with Crippen molar-refractivity contribution in [2.45, 2.75) is 0 Å². The fourth-order valence-electron chi connectivity index (χ4n) is 1.91. The minimum Gasteiger partial charge on any atom is -0.480 e. The Morgan fingerprint density at radius 1 is 1.26 bits per heavy atom. The van der Waals surface area contributed by atoms with E-state index in [2.05, 4.69) is 15.6 Å². The highest BCUT2D eigenvalue weighted by Crippen LogP contribution is 2.15. The normalized spacial score (nSPS) is 9.96. The molecule has 23 heavy (non-hydrogen) atoms. The lowest BCUT2D eigenvalue weighted by Crippen LogP contribution is -2.29. The number of nitro groups is 1. The molecule has 0 bridgehead atoms. The van der Waals surface area contributed by atoms with E-state index >= 15 is 0 Å². The standard InChI is InChI=1S/C15H16N4O4/c1-23-15-13(3-2-8-18-15)14(20)17-10-9-16-11-4-6-12(7-5-11)19(21)22/h2-8,16H,9-10H2,1H3,(H,17,20). The van der Waals surface area contributed by atoms with Crippen molar-refractivity contribution in [3.05, 3.63) is 58.3 Å². The van der Waals surface area contributed by atoms with Crippen LogP contribution >= 0.6 is 0 Å². The number of carbonyl (C=O) groups excluding carboxylic acids is 1. The predicted octanol–water partition coefficient (Wildman–Crippen LogP) is 1.84. The van der Waals surface area contributed by atoms with Gasteiger partial charge in [0.1, 0.15) is 5.56 Å². The number of non-ortho nitro benzene ring substituents is 1. The van der Waals surface area contributed by atoms with Gasteiger partial charge in [-0.25, -0.2) is 4.98 Å². The topological polar surface area (TPSA) is 106 Å². The molecular weight excluding hydrogens is 300 g/mol. The van der Waals surface area contributed by atoms with Crippen molar-refractivity contribution in [2.75, 3.05) is 25.5 Å². The number of carbonyl (C=O) groups is 1. The first-order valence-corrected chi connectivity index (χ1v) is 6.87. The Bertz CT molecular complexity index is 688. The molecule has 0 aliphatic heterocycles. The van der Waals surface area contributed by atoms with Crippen LogP contribution in [0, 0.1) is 10.1 Å². The van der Waals surface area contributed by atoms with E-state index in [0.717, 1.165) is 5.69 Å². The molecule has 8 heteroatoms. The number of methoxy groups -OCH3 is 1. The number of aromatic nitrogens is 1. The van der Waals surface area contributed by atoms with Crippen molar-refractivity contribution in [2.24, 2.45) is 0 Å². The fraction of sp³-hybridized carbons (Fsp3) is 0.200. The van der Waals surface area contributed by atoms with Crippen LogP contribution in [0.25, 0.3) is 0 Å². The number of pyridine rings is 1. The highest BCUT2D eigenvalue weighted by molar-refractivity contribution is 5.96. The molecule has 0 fully saturated rings. The van der Waals surface area contributed by atoms with Crippen molar-refractivity contribution in [1.29, 1.82) is 0 Å². The lowest BCUT2D eigenvalue weighted by molar-refractivity contribution is -0.384. The number of hydrogen-bond donors (Lipinski definition) is 2. The molecule has 1 heterocycles. The van der Waals surface area contributed by atoms with E-state index in [0.29, 0.717) is 18.7 Å². The summed E-state index contributed by atoms with van der Waals surface area (Å²) in [5, 5.41) is 16.4. The number of amides is 1. The average Bonchev–Trinajstić information content (AvgIpc) is 2.58. The molecule has 2 aromatic rings. The summed E-state index contributed by atoms with van der Waals surface area (Å²) >= 11 is 0. The minimum absolute atomic E-state index is 0.0347. The first-order valence-electron chi connectivity index (χ1n) is 6.87. The van der Waals surface area contributed by atoms with E-state index < -0.39 is 4.92 Å². The molecule has 2 N–H and O–H groups in total. The van der Waals surface area contributed by atoms with Crippen molar-refractivity contribution in [1.82, 2.24) is 10.3 Å². The van der Waals surface area contributed by atoms with Crippen LogP contribution in [0.5, 0.6) is 5.88 Å². The monoisotopic (exact) mass is 316 g/mol. The Morgan fingerprint density at radius 2 is 2.00 bits per heavy atom. The largest absolute Gasteiger partial charge is 0.480 e. The number of nitrogens with zero attached hydrogens (tertiary/aromatic N) is 2. The van der Waals surface area contributed by atoms with E-state index in [9.17, 15) is 14.9 Å². The van der Waals surface area contributed by atoms with Crippen molar-refractivity contribution < 1.29 is 14.5 Å². The zero-order chi connectivity index (χ0) is 16.7. The summed E-state index contributed by atoms with van der Waals surface area (Å²) < 4.78 is 5.03. The van der Waals surface area contributed by atoms with Gasteiger partial charge in [-0.2, -0.15) is 0 Å². The lowest BCUT2D eigenvalue weighted by Gasteiger charge is -2.09. The maximum atomic E-state index is 12.0. The van der Waals surface area contributed by atoms with Gasteiger partial charge in [0.15, 0.2) is 0 Å². The molecule has 0 radical (unpaired) electrons. The number of rotatable bonds is 7. The van der Waals surface area contributed by atoms with Crippen molar-refractivity contribution in [3.8, 4) is 5.88 Å². The van der Waals surface area contributed by atoms with Crippen molar-refractivity contribution in [3.63, 3.8) is 0 Å². The van der Waals surface area contributed by atoms with Crippen LogP contribution in [0.3, 0.4) is 0 Å². The zero-order valence-electron chi connectivity index (χ0n) is 12.5. The van der Waals surface area contributed by atoms with Gasteiger partial charge in [0.05, 0.1) is 12.0 Å². The van der Waals surface area contributed by atoms with Crippen molar-refractivity contribution >= 4 is 17.3 Å². The molecule has 0 atom stereocenters. The van der Waals surface area contributed by atoms with E-state index in [1.54, 1.807) is 30.5 Å². The molecule has 0 spiro atoms. The Balaban J connectivity index is 1.81. The molecule has 120 valence electrons. The predicted molar refractivity (Wildman–Crippen MR) is 84.7 cm³/mol. The number of benzene rings is 1. The van der Waals surface area contributed by atoms with Gasteiger partial charge in [-0.05, 0) is 24.3 Å². The summed E-state index contributed by atoms with van der Waals surface area (Å²) in [4.78, 5) is 26.1. The second-order valence-corrected chi connectivity index (χ2v) is 4.55. The molecule has 1 amide bonds. The zero-order valence-corrected chi connectivity index (χ0v) is 12.5. The van der Waals surface area contributed by atoms with E-state index in [4.69, 9.17) is 4.74 Å². The average molecular weight is 316 g/mol. The Morgan fingerprint density at radius 3 is 2.65 bits per heavy atom. The quantitative estimate of drug-likeness (QED) is 0.458. The molecule has 0 aliphatic rings. The van der Waals surface area contributed by atoms with Gasteiger partial charge in [-0.15, -0.1) is 0 Å². The van der Waals surface area contributed by atoms with Crippen LogP contribution in [0.15, 0.2) is 42.6 Å². The fourth-order valence-corrected chi connectivity index (χ4v) is 1.91. The Kier molecular flexibility index (Phi) is 5.45. The first-order chi connectivity index (χ1) is 11.1. The third-order valence-corrected chi connectivity index (χ3v) is 3.03. The lowest BCUT2D eigenvalue weighted by atomic mass is 10.2. The highest BCUT2D eigenvalue weighted by Gasteiger charge is 2.11. The highest BCUT2D eigenvalue weighted by atomic mass is 16.6. The van der Waals surface area contributed by atoms with E-state index in [1.165, 1.54) is 19.2 Å². The van der Waals surface area contributed by atoms with Gasteiger partial charge in [-0.1, -0.05) is 0 Å². The number of anilines is 1. The second-order valence-electron chi connectivity index (χ2n) is 4.55. The second kappa shape index (κ2) is 7.74. The van der Waals surface area contributed by atoms with Gasteiger partial charge in [0, 0.05) is 37.1 Å². The van der Waals surface area contributed by atoms with Crippen LogP contribution in [0.2, 0.25) is 0 Å². The van der Waals surface area contributed by atoms with Gasteiger partial charge in [0.2, 0.25) is 5.88 Å². The number of nitrogens with one attached hydrogen (secondary N) is 2. The molecule has 0 saturated heterocycles. The van der Waals surface area contributed by atoms with Gasteiger partial charge >= 0.3 is 0 Å². The van der Waals surface area contributed by atoms with Gasteiger partial charge < -0.3 is 15.4 Å². The number of hydrogen-bond acceptors (Lipinski definition) is 6. The van der Waals surface area contributed by atoms with E-state index in [-0.39, 0.29) is 17.5 Å². The Hall–Kier alpha value is -3.16.